The summed E-state index contributed by atoms with van der Waals surface area (Å²) >= 11 is 1.62. The maximum absolute atomic E-state index is 11.4. The SMILES string of the molecule is CC(=O)c1ccc(C#N)cc1SC1COC1. The number of thioether (sulfide) groups is 1. The number of ketones is 1. The lowest BCUT2D eigenvalue weighted by Gasteiger charge is -2.25. The lowest BCUT2D eigenvalue weighted by Crippen LogP contribution is -2.30. The van der Waals surface area contributed by atoms with Crippen molar-refractivity contribution >= 4 is 17.5 Å². The third-order valence-corrected chi connectivity index (χ3v) is 3.59. The second kappa shape index (κ2) is 4.69. The number of hydrogen-bond donors (Lipinski definition) is 0. The molecule has 0 aromatic heterocycles. The van der Waals surface area contributed by atoms with Crippen molar-refractivity contribution in [2.75, 3.05) is 13.2 Å². The topological polar surface area (TPSA) is 50.1 Å². The van der Waals surface area contributed by atoms with E-state index in [0.29, 0.717) is 16.4 Å². The van der Waals surface area contributed by atoms with Gasteiger partial charge in [-0.15, -0.1) is 11.8 Å². The van der Waals surface area contributed by atoms with E-state index in [1.54, 1.807) is 36.9 Å². The molecular formula is C12H11NO2S. The smallest absolute Gasteiger partial charge is 0.160 e. The van der Waals surface area contributed by atoms with Gasteiger partial charge in [-0.3, -0.25) is 4.79 Å². The lowest BCUT2D eigenvalue weighted by atomic mass is 10.1. The molecule has 2 rings (SSSR count). The Hall–Kier alpha value is -1.31. The monoisotopic (exact) mass is 233 g/mol. The number of carbonyl (C=O) groups is 1. The molecule has 1 aliphatic rings. The van der Waals surface area contributed by atoms with Gasteiger partial charge in [0.05, 0.1) is 30.1 Å². The fourth-order valence-electron chi connectivity index (χ4n) is 1.44. The Morgan fingerprint density at radius 1 is 1.56 bits per heavy atom. The highest BCUT2D eigenvalue weighted by Gasteiger charge is 2.21. The van der Waals surface area contributed by atoms with Gasteiger partial charge in [-0.2, -0.15) is 5.26 Å². The minimum atomic E-state index is 0.0345. The van der Waals surface area contributed by atoms with Crippen molar-refractivity contribution in [1.29, 1.82) is 5.26 Å². The molecule has 0 unspecified atom stereocenters. The molecule has 3 nitrogen and oxygen atoms in total. The number of carbonyl (C=O) groups excluding carboxylic acids is 1. The first-order valence-electron chi connectivity index (χ1n) is 5.00. The molecule has 0 aliphatic carbocycles. The normalized spacial score (nSPS) is 15.2. The molecule has 0 radical (unpaired) electrons. The highest BCUT2D eigenvalue weighted by atomic mass is 32.2. The summed E-state index contributed by atoms with van der Waals surface area (Å²) in [5.41, 5.74) is 1.28. The third-order valence-electron chi connectivity index (χ3n) is 2.39. The first kappa shape index (κ1) is 11.2. The van der Waals surface area contributed by atoms with Gasteiger partial charge < -0.3 is 4.74 Å². The van der Waals surface area contributed by atoms with Gasteiger partial charge in [-0.25, -0.2) is 0 Å². The van der Waals surface area contributed by atoms with E-state index in [4.69, 9.17) is 10.00 Å². The van der Waals surface area contributed by atoms with Crippen LogP contribution >= 0.6 is 11.8 Å². The molecule has 0 amide bonds. The molecule has 1 aromatic carbocycles. The number of ether oxygens (including phenoxy) is 1. The largest absolute Gasteiger partial charge is 0.379 e. The predicted molar refractivity (Wildman–Crippen MR) is 61.6 cm³/mol. The number of rotatable bonds is 3. The van der Waals surface area contributed by atoms with E-state index >= 15 is 0 Å². The van der Waals surface area contributed by atoms with Gasteiger partial charge in [0.1, 0.15) is 0 Å². The van der Waals surface area contributed by atoms with Crippen LogP contribution in [0.25, 0.3) is 0 Å². The molecule has 1 aromatic rings. The van der Waals surface area contributed by atoms with Crippen molar-refractivity contribution in [3.05, 3.63) is 29.3 Å². The molecule has 1 fully saturated rings. The fourth-order valence-corrected chi connectivity index (χ4v) is 2.66. The molecule has 0 bridgehead atoms. The summed E-state index contributed by atoms with van der Waals surface area (Å²) in [6.07, 6.45) is 0. The number of nitrogens with zero attached hydrogens (tertiary/aromatic N) is 1. The van der Waals surface area contributed by atoms with Crippen LogP contribution in [0.1, 0.15) is 22.8 Å². The molecule has 16 heavy (non-hydrogen) atoms. The maximum atomic E-state index is 11.4. The summed E-state index contributed by atoms with van der Waals surface area (Å²) in [6.45, 7) is 2.99. The van der Waals surface area contributed by atoms with Crippen LogP contribution in [-0.2, 0) is 4.74 Å². The summed E-state index contributed by atoms with van der Waals surface area (Å²) in [5, 5.41) is 9.24. The Morgan fingerprint density at radius 2 is 2.31 bits per heavy atom. The number of benzene rings is 1. The van der Waals surface area contributed by atoms with E-state index in [9.17, 15) is 4.79 Å². The Labute approximate surface area is 98.4 Å². The minimum Gasteiger partial charge on any atom is -0.379 e. The molecule has 0 N–H and O–H groups in total. The Morgan fingerprint density at radius 3 is 2.81 bits per heavy atom. The van der Waals surface area contributed by atoms with Gasteiger partial charge in [-0.1, -0.05) is 0 Å². The van der Waals surface area contributed by atoms with Crippen molar-refractivity contribution in [3.63, 3.8) is 0 Å². The molecular weight excluding hydrogens is 222 g/mol. The second-order valence-electron chi connectivity index (χ2n) is 3.66. The zero-order chi connectivity index (χ0) is 11.5. The zero-order valence-corrected chi connectivity index (χ0v) is 9.71. The van der Waals surface area contributed by atoms with Gasteiger partial charge in [-0.05, 0) is 25.1 Å². The molecule has 0 saturated carbocycles. The average Bonchev–Trinajstić information content (AvgIpc) is 2.22. The fraction of sp³-hybridized carbons (Fsp3) is 0.333. The number of nitriles is 1. The van der Waals surface area contributed by atoms with Crippen LogP contribution in [0.3, 0.4) is 0 Å². The minimum absolute atomic E-state index is 0.0345. The van der Waals surface area contributed by atoms with Crippen LogP contribution in [0, 0.1) is 11.3 Å². The molecule has 82 valence electrons. The number of hydrogen-bond acceptors (Lipinski definition) is 4. The highest BCUT2D eigenvalue weighted by molar-refractivity contribution is 8.00. The van der Waals surface area contributed by atoms with Crippen LogP contribution in [-0.4, -0.2) is 24.2 Å². The summed E-state index contributed by atoms with van der Waals surface area (Å²) in [5.74, 6) is 0.0345. The molecule has 1 saturated heterocycles. The third kappa shape index (κ3) is 2.26. The van der Waals surface area contributed by atoms with Gasteiger partial charge in [0.2, 0.25) is 0 Å². The van der Waals surface area contributed by atoms with Crippen LogP contribution < -0.4 is 0 Å². The molecule has 1 aliphatic heterocycles. The van der Waals surface area contributed by atoms with E-state index in [1.807, 2.05) is 0 Å². The van der Waals surface area contributed by atoms with Gasteiger partial charge in [0.15, 0.2) is 5.78 Å². The Kier molecular flexibility index (Phi) is 3.28. The summed E-state index contributed by atoms with van der Waals surface area (Å²) < 4.78 is 5.09. The van der Waals surface area contributed by atoms with Crippen LogP contribution in [0.2, 0.25) is 0 Å². The van der Waals surface area contributed by atoms with Crippen LogP contribution in [0.5, 0.6) is 0 Å². The first-order chi connectivity index (χ1) is 7.70. The van der Waals surface area contributed by atoms with Crippen molar-refractivity contribution < 1.29 is 9.53 Å². The van der Waals surface area contributed by atoms with Gasteiger partial charge in [0, 0.05) is 10.5 Å². The van der Waals surface area contributed by atoms with Gasteiger partial charge in [0.25, 0.3) is 0 Å². The van der Waals surface area contributed by atoms with E-state index in [2.05, 4.69) is 6.07 Å². The lowest BCUT2D eigenvalue weighted by molar-refractivity contribution is 0.0455. The molecule has 0 atom stereocenters. The average molecular weight is 233 g/mol. The Balaban J connectivity index is 2.30. The van der Waals surface area contributed by atoms with Crippen molar-refractivity contribution in [2.45, 2.75) is 17.1 Å². The predicted octanol–water partition coefficient (Wildman–Crippen LogP) is 2.25. The quantitative estimate of drug-likeness (QED) is 0.751. The van der Waals surface area contributed by atoms with Crippen molar-refractivity contribution in [3.8, 4) is 6.07 Å². The molecule has 1 heterocycles. The van der Waals surface area contributed by atoms with E-state index in [0.717, 1.165) is 18.1 Å². The van der Waals surface area contributed by atoms with E-state index in [1.165, 1.54) is 0 Å². The molecule has 4 heteroatoms. The van der Waals surface area contributed by atoms with Crippen LogP contribution in [0.4, 0.5) is 0 Å². The Bertz CT molecular complexity index is 461. The summed E-state index contributed by atoms with van der Waals surface area (Å²) in [6, 6.07) is 7.27. The number of Topliss-reactive ketones (excluding diaryl/α,β-unsaturated/α-hetero) is 1. The molecule has 0 spiro atoms. The van der Waals surface area contributed by atoms with Crippen LogP contribution in [0.15, 0.2) is 23.1 Å². The van der Waals surface area contributed by atoms with E-state index < -0.39 is 0 Å². The van der Waals surface area contributed by atoms with E-state index in [-0.39, 0.29) is 5.78 Å². The second-order valence-corrected chi connectivity index (χ2v) is 5.00. The van der Waals surface area contributed by atoms with Crippen molar-refractivity contribution in [2.24, 2.45) is 0 Å². The van der Waals surface area contributed by atoms with Crippen molar-refractivity contribution in [1.82, 2.24) is 0 Å². The van der Waals surface area contributed by atoms with Gasteiger partial charge >= 0.3 is 0 Å². The highest BCUT2D eigenvalue weighted by Crippen LogP contribution is 2.31. The first-order valence-corrected chi connectivity index (χ1v) is 5.88. The standard InChI is InChI=1S/C12H11NO2S/c1-8(14)11-3-2-9(5-13)4-12(11)16-10-6-15-7-10/h2-4,10H,6-7H2,1H3. The summed E-state index contributed by atoms with van der Waals surface area (Å²) in [7, 11) is 0. The maximum Gasteiger partial charge on any atom is 0.160 e. The summed E-state index contributed by atoms with van der Waals surface area (Å²) in [4.78, 5) is 12.3. The zero-order valence-electron chi connectivity index (χ0n) is 8.90.